The highest BCUT2D eigenvalue weighted by atomic mass is 16.5. The molecular weight excluding hydrogens is 292 g/mol. The molecule has 0 spiro atoms. The van der Waals surface area contributed by atoms with Gasteiger partial charge in [-0.05, 0) is 37.8 Å². The monoisotopic (exact) mass is 318 g/mol. The maximum atomic E-state index is 12.9. The Morgan fingerprint density at radius 3 is 2.78 bits per heavy atom. The minimum atomic E-state index is 0.00594. The van der Waals surface area contributed by atoms with Crippen LogP contribution in [0, 0.1) is 0 Å². The van der Waals surface area contributed by atoms with Gasteiger partial charge in [0.15, 0.2) is 11.5 Å². The summed E-state index contributed by atoms with van der Waals surface area (Å²) in [5, 5.41) is 0. The van der Waals surface area contributed by atoms with Crippen molar-refractivity contribution in [3.63, 3.8) is 0 Å². The minimum absolute atomic E-state index is 0.00594. The molecule has 0 saturated carbocycles. The first-order chi connectivity index (χ1) is 11.2. The van der Waals surface area contributed by atoms with Crippen LogP contribution in [-0.2, 0) is 6.42 Å². The molecule has 1 aliphatic heterocycles. The Balaban J connectivity index is 2.39. The van der Waals surface area contributed by atoms with Crippen molar-refractivity contribution < 1.29 is 14.3 Å². The van der Waals surface area contributed by atoms with Crippen LogP contribution < -0.4 is 15.2 Å². The van der Waals surface area contributed by atoms with E-state index in [1.807, 2.05) is 11.0 Å². The molecule has 1 aliphatic rings. The van der Waals surface area contributed by atoms with E-state index < -0.39 is 0 Å². The fourth-order valence-corrected chi connectivity index (χ4v) is 3.15. The van der Waals surface area contributed by atoms with E-state index in [0.717, 1.165) is 31.4 Å². The van der Waals surface area contributed by atoms with Crippen molar-refractivity contribution in [1.29, 1.82) is 0 Å². The molecular formula is C18H26N2O3. The van der Waals surface area contributed by atoms with Crippen molar-refractivity contribution >= 4 is 5.91 Å². The maximum absolute atomic E-state index is 12.9. The number of nitrogens with two attached hydrogens (primary N) is 1. The Kier molecular flexibility index (Phi) is 6.04. The summed E-state index contributed by atoms with van der Waals surface area (Å²) in [6.45, 7) is 5.02. The van der Waals surface area contributed by atoms with Crippen molar-refractivity contribution in [1.82, 2.24) is 4.90 Å². The summed E-state index contributed by atoms with van der Waals surface area (Å²) < 4.78 is 10.8. The van der Waals surface area contributed by atoms with E-state index in [-0.39, 0.29) is 11.9 Å². The zero-order chi connectivity index (χ0) is 16.8. The highest BCUT2D eigenvalue weighted by Gasteiger charge is 2.27. The first-order valence-electron chi connectivity index (χ1n) is 8.03. The molecule has 2 N–H and O–H groups in total. The average molecular weight is 318 g/mol. The van der Waals surface area contributed by atoms with Gasteiger partial charge in [-0.2, -0.15) is 0 Å². The van der Waals surface area contributed by atoms with Gasteiger partial charge in [-0.25, -0.2) is 0 Å². The Morgan fingerprint density at radius 1 is 1.39 bits per heavy atom. The molecule has 1 fully saturated rings. The van der Waals surface area contributed by atoms with Gasteiger partial charge in [0, 0.05) is 30.3 Å². The zero-order valence-corrected chi connectivity index (χ0v) is 14.0. The van der Waals surface area contributed by atoms with Gasteiger partial charge in [0.1, 0.15) is 0 Å². The Hall–Kier alpha value is -2.01. The van der Waals surface area contributed by atoms with Gasteiger partial charge in [0.05, 0.1) is 14.2 Å². The first-order valence-corrected chi connectivity index (χ1v) is 8.03. The molecule has 1 heterocycles. The third-order valence-electron chi connectivity index (χ3n) is 4.33. The van der Waals surface area contributed by atoms with Crippen LogP contribution in [0.15, 0.2) is 24.8 Å². The summed E-state index contributed by atoms with van der Waals surface area (Å²) >= 11 is 0. The average Bonchev–Trinajstić information content (AvgIpc) is 2.60. The van der Waals surface area contributed by atoms with E-state index in [1.54, 1.807) is 26.4 Å². The number of benzene rings is 1. The van der Waals surface area contributed by atoms with Gasteiger partial charge in [0.25, 0.3) is 5.91 Å². The van der Waals surface area contributed by atoms with E-state index >= 15 is 0 Å². The van der Waals surface area contributed by atoms with Gasteiger partial charge in [-0.15, -0.1) is 6.58 Å². The van der Waals surface area contributed by atoms with Crippen molar-refractivity contribution in [2.75, 3.05) is 27.3 Å². The molecule has 2 rings (SSSR count). The quantitative estimate of drug-likeness (QED) is 0.818. The molecule has 5 nitrogen and oxygen atoms in total. The number of likely N-dealkylation sites (tertiary alicyclic amines) is 1. The lowest BCUT2D eigenvalue weighted by atomic mass is 9.99. The maximum Gasteiger partial charge on any atom is 0.254 e. The smallest absolute Gasteiger partial charge is 0.254 e. The van der Waals surface area contributed by atoms with Crippen molar-refractivity contribution in [3.8, 4) is 11.5 Å². The number of rotatable bonds is 6. The number of carbonyl (C=O) groups excluding carboxylic acids is 1. The topological polar surface area (TPSA) is 64.8 Å². The van der Waals surface area contributed by atoms with Crippen LogP contribution in [0.2, 0.25) is 0 Å². The molecule has 0 bridgehead atoms. The summed E-state index contributed by atoms with van der Waals surface area (Å²) in [5.41, 5.74) is 7.34. The van der Waals surface area contributed by atoms with Crippen LogP contribution >= 0.6 is 0 Å². The Morgan fingerprint density at radius 2 is 2.17 bits per heavy atom. The predicted octanol–water partition coefficient (Wildman–Crippen LogP) is 2.39. The van der Waals surface area contributed by atoms with Crippen LogP contribution in [0.5, 0.6) is 11.5 Å². The highest BCUT2D eigenvalue weighted by Crippen LogP contribution is 2.34. The van der Waals surface area contributed by atoms with Crippen LogP contribution in [0.25, 0.3) is 0 Å². The molecule has 1 saturated heterocycles. The Bertz CT molecular complexity index is 572. The molecule has 0 aliphatic carbocycles. The molecule has 1 unspecified atom stereocenters. The van der Waals surface area contributed by atoms with Gasteiger partial charge in [0.2, 0.25) is 0 Å². The number of nitrogens with zero attached hydrogens (tertiary/aromatic N) is 1. The first kappa shape index (κ1) is 17.3. The lowest BCUT2D eigenvalue weighted by Crippen LogP contribution is -2.47. The van der Waals surface area contributed by atoms with Gasteiger partial charge >= 0.3 is 0 Å². The fourth-order valence-electron chi connectivity index (χ4n) is 3.15. The lowest BCUT2D eigenvalue weighted by molar-refractivity contribution is 0.0623. The normalized spacial score (nSPS) is 17.7. The van der Waals surface area contributed by atoms with Crippen molar-refractivity contribution in [3.05, 3.63) is 35.9 Å². The second kappa shape index (κ2) is 8.02. The molecule has 1 aromatic rings. The van der Waals surface area contributed by atoms with E-state index in [9.17, 15) is 4.79 Å². The largest absolute Gasteiger partial charge is 0.493 e. The van der Waals surface area contributed by atoms with Gasteiger partial charge in [-0.3, -0.25) is 4.79 Å². The number of allylic oxidation sites excluding steroid dienone is 1. The second-order valence-corrected chi connectivity index (χ2v) is 5.75. The number of hydrogen-bond donors (Lipinski definition) is 1. The number of amides is 1. The number of carbonyl (C=O) groups is 1. The number of ether oxygens (including phenoxy) is 2. The Labute approximate surface area is 138 Å². The SMILES string of the molecule is C=CCc1cc(C(=O)N2CCCCC2CN)cc(OC)c1OC. The highest BCUT2D eigenvalue weighted by molar-refractivity contribution is 5.95. The lowest BCUT2D eigenvalue weighted by Gasteiger charge is -2.35. The third kappa shape index (κ3) is 3.67. The van der Waals surface area contributed by atoms with E-state index in [2.05, 4.69) is 6.58 Å². The van der Waals surface area contributed by atoms with Gasteiger partial charge in [-0.1, -0.05) is 6.08 Å². The zero-order valence-electron chi connectivity index (χ0n) is 14.0. The second-order valence-electron chi connectivity index (χ2n) is 5.75. The van der Waals surface area contributed by atoms with Crippen molar-refractivity contribution in [2.24, 2.45) is 5.73 Å². The number of methoxy groups -OCH3 is 2. The molecule has 23 heavy (non-hydrogen) atoms. The van der Waals surface area contributed by atoms with Gasteiger partial charge < -0.3 is 20.1 Å². The summed E-state index contributed by atoms with van der Waals surface area (Å²) in [6, 6.07) is 3.73. The molecule has 5 heteroatoms. The molecule has 1 amide bonds. The molecule has 1 atom stereocenters. The summed E-state index contributed by atoms with van der Waals surface area (Å²) in [5.74, 6) is 1.22. The van der Waals surface area contributed by atoms with Crippen LogP contribution in [0.1, 0.15) is 35.2 Å². The number of hydrogen-bond acceptors (Lipinski definition) is 4. The molecule has 0 aromatic heterocycles. The predicted molar refractivity (Wildman–Crippen MR) is 91.2 cm³/mol. The summed E-state index contributed by atoms with van der Waals surface area (Å²) in [4.78, 5) is 14.8. The number of piperidine rings is 1. The summed E-state index contributed by atoms with van der Waals surface area (Å²) in [7, 11) is 3.18. The standard InChI is InChI=1S/C18H26N2O3/c1-4-7-13-10-14(11-16(22-2)17(13)23-3)18(21)20-9-6-5-8-15(20)12-19/h4,10-11,15H,1,5-9,12,19H2,2-3H3. The van der Waals surface area contributed by atoms with Crippen LogP contribution in [0.3, 0.4) is 0 Å². The van der Waals surface area contributed by atoms with E-state index in [1.165, 1.54) is 0 Å². The van der Waals surface area contributed by atoms with E-state index in [0.29, 0.717) is 30.0 Å². The minimum Gasteiger partial charge on any atom is -0.493 e. The van der Waals surface area contributed by atoms with Crippen LogP contribution in [0.4, 0.5) is 0 Å². The molecule has 0 radical (unpaired) electrons. The summed E-state index contributed by atoms with van der Waals surface area (Å²) in [6.07, 6.45) is 5.51. The third-order valence-corrected chi connectivity index (χ3v) is 4.33. The van der Waals surface area contributed by atoms with E-state index in [4.69, 9.17) is 15.2 Å². The molecule has 1 aromatic carbocycles. The fraction of sp³-hybridized carbons (Fsp3) is 0.500. The molecule has 126 valence electrons. The van der Waals surface area contributed by atoms with Crippen LogP contribution in [-0.4, -0.2) is 44.2 Å². The van der Waals surface area contributed by atoms with Crippen molar-refractivity contribution in [2.45, 2.75) is 31.7 Å².